The van der Waals surface area contributed by atoms with E-state index < -0.39 is 35.4 Å². The van der Waals surface area contributed by atoms with Crippen LogP contribution in [0, 0.1) is 6.92 Å². The molecule has 190 valence electrons. The molecule has 0 saturated carbocycles. The van der Waals surface area contributed by atoms with Crippen LogP contribution in [0.5, 0.6) is 0 Å². The Balaban J connectivity index is 1.62. The van der Waals surface area contributed by atoms with E-state index >= 15 is 0 Å². The number of rotatable bonds is 6. The second kappa shape index (κ2) is 9.07. The van der Waals surface area contributed by atoms with E-state index in [-0.39, 0.29) is 12.1 Å². The van der Waals surface area contributed by atoms with E-state index in [0.717, 1.165) is 5.46 Å². The van der Waals surface area contributed by atoms with E-state index in [1.54, 1.807) is 49.7 Å². The number of nitrogens with zero attached hydrogens (tertiary/aromatic N) is 2. The Kier molecular flexibility index (Phi) is 6.53. The zero-order valence-corrected chi connectivity index (χ0v) is 22.0. The van der Waals surface area contributed by atoms with Crippen LogP contribution >= 0.6 is 0 Å². The van der Waals surface area contributed by atoms with Gasteiger partial charge in [-0.15, -0.1) is 0 Å². The van der Waals surface area contributed by atoms with Crippen LogP contribution in [0.25, 0.3) is 5.69 Å². The number of benzene rings is 2. The van der Waals surface area contributed by atoms with Crippen molar-refractivity contribution in [3.05, 3.63) is 76.2 Å². The monoisotopic (exact) mass is 491 g/mol. The Morgan fingerprint density at radius 2 is 1.56 bits per heavy atom. The summed E-state index contributed by atoms with van der Waals surface area (Å²) in [6.07, 6.45) is 0. The molecule has 1 aliphatic heterocycles. The SMILES string of the molecule is Cc1c(C(=O)Nc2ccc(B3OC(C)(C)C(C)(C)O3)cc2)c(=O)n(-c2ccccc2)n1CC(C)(C)O. The number of nitrogens with one attached hydrogen (secondary N) is 1. The molecule has 1 amide bonds. The van der Waals surface area contributed by atoms with E-state index in [9.17, 15) is 14.7 Å². The molecule has 1 saturated heterocycles. The maximum atomic E-state index is 13.4. The number of carbonyl (C=O) groups excluding carboxylic acids is 1. The molecule has 4 rings (SSSR count). The van der Waals surface area contributed by atoms with E-state index in [1.807, 2.05) is 58.0 Å². The molecule has 36 heavy (non-hydrogen) atoms. The fourth-order valence-electron chi connectivity index (χ4n) is 4.19. The fraction of sp³-hybridized carbons (Fsp3) is 0.407. The summed E-state index contributed by atoms with van der Waals surface area (Å²) in [7, 11) is -0.504. The van der Waals surface area contributed by atoms with Crippen LogP contribution in [-0.4, -0.2) is 44.3 Å². The Bertz CT molecular complexity index is 1300. The first-order valence-corrected chi connectivity index (χ1v) is 12.1. The molecule has 8 nitrogen and oxygen atoms in total. The lowest BCUT2D eigenvalue weighted by molar-refractivity contribution is 0.00578. The van der Waals surface area contributed by atoms with Gasteiger partial charge in [-0.1, -0.05) is 30.3 Å². The van der Waals surface area contributed by atoms with Gasteiger partial charge in [0.05, 0.1) is 34.7 Å². The van der Waals surface area contributed by atoms with Gasteiger partial charge in [-0.2, -0.15) is 0 Å². The van der Waals surface area contributed by atoms with Crippen LogP contribution in [0.2, 0.25) is 0 Å². The average molecular weight is 491 g/mol. The molecule has 1 aromatic heterocycles. The molecule has 3 aromatic rings. The molecule has 2 aromatic carbocycles. The van der Waals surface area contributed by atoms with Crippen molar-refractivity contribution in [2.24, 2.45) is 0 Å². The number of para-hydroxylation sites is 1. The van der Waals surface area contributed by atoms with Crippen LogP contribution in [0.3, 0.4) is 0 Å². The van der Waals surface area contributed by atoms with Gasteiger partial charge in [0.1, 0.15) is 5.56 Å². The van der Waals surface area contributed by atoms with Crippen molar-refractivity contribution < 1.29 is 19.2 Å². The van der Waals surface area contributed by atoms with E-state index in [1.165, 1.54) is 4.68 Å². The van der Waals surface area contributed by atoms with E-state index in [4.69, 9.17) is 9.31 Å². The number of carbonyl (C=O) groups is 1. The predicted octanol–water partition coefficient (Wildman–Crippen LogP) is 3.27. The van der Waals surface area contributed by atoms with Crippen molar-refractivity contribution >= 4 is 24.2 Å². The van der Waals surface area contributed by atoms with Gasteiger partial charge >= 0.3 is 7.12 Å². The lowest BCUT2D eigenvalue weighted by atomic mass is 9.79. The standard InChI is InChI=1S/C27H34BN3O5/c1-18-22(24(33)31(21-11-9-8-10-12-21)30(18)17-25(2,3)34)23(32)29-20-15-13-19(14-16-20)28-35-26(4,5)27(6,7)36-28/h8-16,34H,17H2,1-7H3,(H,29,32). The van der Waals surface area contributed by atoms with Gasteiger partial charge in [0.25, 0.3) is 11.5 Å². The topological polar surface area (TPSA) is 94.7 Å². The maximum absolute atomic E-state index is 13.4. The molecule has 2 N–H and O–H groups in total. The largest absolute Gasteiger partial charge is 0.494 e. The van der Waals surface area contributed by atoms with Crippen LogP contribution < -0.4 is 16.3 Å². The summed E-state index contributed by atoms with van der Waals surface area (Å²) in [5, 5.41) is 13.3. The highest BCUT2D eigenvalue weighted by molar-refractivity contribution is 6.62. The van der Waals surface area contributed by atoms with Gasteiger partial charge in [-0.25, -0.2) is 4.68 Å². The molecular weight excluding hydrogens is 457 g/mol. The summed E-state index contributed by atoms with van der Waals surface area (Å²) in [5.74, 6) is -0.514. The lowest BCUT2D eigenvalue weighted by Crippen LogP contribution is -2.41. The minimum absolute atomic E-state index is 0.0261. The number of aromatic nitrogens is 2. The first-order chi connectivity index (χ1) is 16.7. The molecule has 9 heteroatoms. The van der Waals surface area contributed by atoms with Crippen LogP contribution in [0.4, 0.5) is 5.69 Å². The van der Waals surface area contributed by atoms with E-state index in [2.05, 4.69) is 5.32 Å². The highest BCUT2D eigenvalue weighted by Gasteiger charge is 2.51. The third kappa shape index (κ3) is 4.91. The van der Waals surface area contributed by atoms with Gasteiger partial charge in [0.2, 0.25) is 0 Å². The van der Waals surface area contributed by atoms with Crippen molar-refractivity contribution in [2.45, 2.75) is 71.8 Å². The van der Waals surface area contributed by atoms with Gasteiger partial charge < -0.3 is 19.7 Å². The number of anilines is 1. The molecule has 0 radical (unpaired) electrons. The second-order valence-corrected chi connectivity index (χ2v) is 10.9. The Morgan fingerprint density at radius 3 is 2.08 bits per heavy atom. The zero-order valence-electron chi connectivity index (χ0n) is 22.0. The lowest BCUT2D eigenvalue weighted by Gasteiger charge is -2.32. The minimum atomic E-state index is -1.09. The fourth-order valence-corrected chi connectivity index (χ4v) is 4.19. The first kappa shape index (κ1) is 25.9. The van der Waals surface area contributed by atoms with Gasteiger partial charge in [0.15, 0.2) is 0 Å². The molecule has 0 spiro atoms. The smallest absolute Gasteiger partial charge is 0.399 e. The van der Waals surface area contributed by atoms with Gasteiger partial charge in [0, 0.05) is 5.69 Å². The van der Waals surface area contributed by atoms with Gasteiger partial charge in [-0.05, 0) is 78.2 Å². The first-order valence-electron chi connectivity index (χ1n) is 12.1. The number of aliphatic hydroxyl groups is 1. The van der Waals surface area contributed by atoms with E-state index in [0.29, 0.717) is 17.1 Å². The van der Waals surface area contributed by atoms with Crippen molar-refractivity contribution in [1.82, 2.24) is 9.36 Å². The molecule has 0 atom stereocenters. The molecule has 0 unspecified atom stereocenters. The third-order valence-electron chi connectivity index (χ3n) is 6.86. The number of hydrogen-bond donors (Lipinski definition) is 2. The molecular formula is C27H34BN3O5. The molecule has 1 aliphatic rings. The summed E-state index contributed by atoms with van der Waals surface area (Å²) >= 11 is 0. The third-order valence-corrected chi connectivity index (χ3v) is 6.86. The van der Waals surface area contributed by atoms with Gasteiger partial charge in [-0.3, -0.25) is 14.3 Å². The summed E-state index contributed by atoms with van der Waals surface area (Å²) in [6, 6.07) is 16.3. The highest BCUT2D eigenvalue weighted by atomic mass is 16.7. The Morgan fingerprint density at radius 1 is 1.00 bits per heavy atom. The molecule has 1 fully saturated rings. The normalized spacial score (nSPS) is 16.8. The highest BCUT2D eigenvalue weighted by Crippen LogP contribution is 2.36. The van der Waals surface area contributed by atoms with Crippen molar-refractivity contribution in [3.63, 3.8) is 0 Å². The molecule has 0 aliphatic carbocycles. The number of amides is 1. The van der Waals surface area contributed by atoms with Crippen molar-refractivity contribution in [1.29, 1.82) is 0 Å². The van der Waals surface area contributed by atoms with Crippen LogP contribution in [0.1, 0.15) is 57.6 Å². The zero-order chi connectivity index (χ0) is 26.5. The second-order valence-electron chi connectivity index (χ2n) is 10.9. The summed E-state index contributed by atoms with van der Waals surface area (Å²) in [5.41, 5.74) is 0.0503. The average Bonchev–Trinajstić information content (AvgIpc) is 3.15. The number of hydrogen-bond acceptors (Lipinski definition) is 5. The summed E-state index contributed by atoms with van der Waals surface area (Å²) in [4.78, 5) is 26.7. The molecule has 2 heterocycles. The Hall–Kier alpha value is -3.14. The van der Waals surface area contributed by atoms with Crippen LogP contribution in [-0.2, 0) is 15.9 Å². The maximum Gasteiger partial charge on any atom is 0.494 e. The minimum Gasteiger partial charge on any atom is -0.399 e. The predicted molar refractivity (Wildman–Crippen MR) is 141 cm³/mol. The van der Waals surface area contributed by atoms with Crippen molar-refractivity contribution in [3.8, 4) is 5.69 Å². The van der Waals surface area contributed by atoms with Crippen LogP contribution in [0.15, 0.2) is 59.4 Å². The quantitative estimate of drug-likeness (QED) is 0.517. The summed E-state index contributed by atoms with van der Waals surface area (Å²) < 4.78 is 15.3. The summed E-state index contributed by atoms with van der Waals surface area (Å²) in [6.45, 7) is 13.2. The molecule has 0 bridgehead atoms. The Labute approximate surface area is 212 Å². The van der Waals surface area contributed by atoms with Crippen molar-refractivity contribution in [2.75, 3.05) is 5.32 Å².